The smallest absolute Gasteiger partial charge is 0.243 e. The van der Waals surface area contributed by atoms with Crippen LogP contribution in [-0.4, -0.2) is 35.9 Å². The minimum absolute atomic E-state index is 0.162. The van der Waals surface area contributed by atoms with Crippen LogP contribution in [0.5, 0.6) is 5.75 Å². The van der Waals surface area contributed by atoms with E-state index in [1.165, 1.54) is 12.1 Å². The summed E-state index contributed by atoms with van der Waals surface area (Å²) in [4.78, 5) is 28.5. The van der Waals surface area contributed by atoms with Gasteiger partial charge in [-0.3, -0.25) is 9.59 Å². The van der Waals surface area contributed by atoms with Gasteiger partial charge in [-0.25, -0.2) is 4.39 Å². The van der Waals surface area contributed by atoms with Gasteiger partial charge in [-0.1, -0.05) is 67.9 Å². The highest BCUT2D eigenvalue weighted by Crippen LogP contribution is 2.18. The van der Waals surface area contributed by atoms with Gasteiger partial charge in [0.25, 0.3) is 0 Å². The van der Waals surface area contributed by atoms with Crippen molar-refractivity contribution < 1.29 is 18.7 Å². The van der Waals surface area contributed by atoms with E-state index < -0.39 is 6.04 Å². The minimum Gasteiger partial charge on any atom is -0.494 e. The molecule has 0 unspecified atom stereocenters. The summed E-state index contributed by atoms with van der Waals surface area (Å²) < 4.78 is 19.3. The van der Waals surface area contributed by atoms with E-state index in [1.807, 2.05) is 44.2 Å². The topological polar surface area (TPSA) is 58.6 Å². The lowest BCUT2D eigenvalue weighted by molar-refractivity contribution is -0.141. The standard InChI is InChI=1S/C30H34ClFN2O3/c1-22(2)20-33-30(36)28(19-23-7-4-3-5-8-23)34(21-24-10-14-26(32)15-11-24)29(35)9-6-18-37-27-16-12-25(31)13-17-27/h3-5,7-8,10-17,22,28H,6,9,18-21H2,1-2H3,(H,33,36)/t28-/m0/s1. The molecule has 196 valence electrons. The van der Waals surface area contributed by atoms with Crippen LogP contribution >= 0.6 is 11.6 Å². The van der Waals surface area contributed by atoms with Crippen LogP contribution in [0, 0.1) is 11.7 Å². The van der Waals surface area contributed by atoms with E-state index in [0.717, 1.165) is 11.1 Å². The average Bonchev–Trinajstić information content (AvgIpc) is 2.89. The number of rotatable bonds is 13. The fourth-order valence-electron chi connectivity index (χ4n) is 3.85. The maximum atomic E-state index is 13.5. The number of ether oxygens (including phenoxy) is 1. The molecule has 0 aromatic heterocycles. The van der Waals surface area contributed by atoms with E-state index in [4.69, 9.17) is 16.3 Å². The van der Waals surface area contributed by atoms with Crippen LogP contribution in [0.25, 0.3) is 0 Å². The molecule has 1 N–H and O–H groups in total. The number of carbonyl (C=O) groups excluding carboxylic acids is 2. The SMILES string of the molecule is CC(C)CNC(=O)[C@H](Cc1ccccc1)N(Cc1ccc(F)cc1)C(=O)CCCOc1ccc(Cl)cc1. The normalized spacial score (nSPS) is 11.7. The molecular formula is C30H34ClFN2O3. The molecule has 3 rings (SSSR count). The van der Waals surface area contributed by atoms with Gasteiger partial charge in [0.05, 0.1) is 6.61 Å². The Hall–Kier alpha value is -3.38. The van der Waals surface area contributed by atoms with Crippen LogP contribution in [0.1, 0.15) is 37.8 Å². The fourth-order valence-corrected chi connectivity index (χ4v) is 3.98. The summed E-state index contributed by atoms with van der Waals surface area (Å²) in [5, 5.41) is 3.62. The van der Waals surface area contributed by atoms with Crippen molar-refractivity contribution in [2.24, 2.45) is 5.92 Å². The molecule has 0 aliphatic heterocycles. The predicted octanol–water partition coefficient (Wildman–Crippen LogP) is 6.05. The second kappa shape index (κ2) is 14.4. The monoisotopic (exact) mass is 524 g/mol. The number of benzene rings is 3. The van der Waals surface area contributed by atoms with Crippen molar-refractivity contribution in [3.8, 4) is 5.75 Å². The van der Waals surface area contributed by atoms with Gasteiger partial charge in [-0.2, -0.15) is 0 Å². The number of amides is 2. The van der Waals surface area contributed by atoms with E-state index in [1.54, 1.807) is 41.3 Å². The highest BCUT2D eigenvalue weighted by molar-refractivity contribution is 6.30. The highest BCUT2D eigenvalue weighted by Gasteiger charge is 2.30. The summed E-state index contributed by atoms with van der Waals surface area (Å²) in [6.45, 7) is 5.10. The molecule has 0 saturated carbocycles. The van der Waals surface area contributed by atoms with Crippen molar-refractivity contribution >= 4 is 23.4 Å². The fraction of sp³-hybridized carbons (Fsp3) is 0.333. The van der Waals surface area contributed by atoms with Crippen molar-refractivity contribution in [1.29, 1.82) is 0 Å². The van der Waals surface area contributed by atoms with Crippen molar-refractivity contribution in [1.82, 2.24) is 10.2 Å². The number of hydrogen-bond donors (Lipinski definition) is 1. The molecule has 0 radical (unpaired) electrons. The lowest BCUT2D eigenvalue weighted by Gasteiger charge is -2.32. The van der Waals surface area contributed by atoms with Gasteiger partial charge in [0.1, 0.15) is 17.6 Å². The van der Waals surface area contributed by atoms with E-state index in [9.17, 15) is 14.0 Å². The molecule has 5 nitrogen and oxygen atoms in total. The number of nitrogens with zero attached hydrogens (tertiary/aromatic N) is 1. The third-order valence-corrected chi connectivity index (χ3v) is 6.09. The van der Waals surface area contributed by atoms with E-state index in [0.29, 0.717) is 36.8 Å². The first-order valence-corrected chi connectivity index (χ1v) is 12.9. The van der Waals surface area contributed by atoms with Crippen molar-refractivity contribution in [2.75, 3.05) is 13.2 Å². The highest BCUT2D eigenvalue weighted by atomic mass is 35.5. The third kappa shape index (κ3) is 9.54. The molecule has 1 atom stereocenters. The molecule has 0 fully saturated rings. The molecule has 2 amide bonds. The molecule has 0 bridgehead atoms. The second-order valence-corrected chi connectivity index (χ2v) is 9.83. The van der Waals surface area contributed by atoms with Gasteiger partial charge in [0.15, 0.2) is 0 Å². The Morgan fingerprint density at radius 1 is 0.946 bits per heavy atom. The third-order valence-electron chi connectivity index (χ3n) is 5.84. The van der Waals surface area contributed by atoms with Gasteiger partial charge >= 0.3 is 0 Å². The van der Waals surface area contributed by atoms with E-state index in [-0.39, 0.29) is 36.5 Å². The quantitative estimate of drug-likeness (QED) is 0.277. The van der Waals surface area contributed by atoms with Gasteiger partial charge in [0.2, 0.25) is 11.8 Å². The molecule has 0 aliphatic rings. The van der Waals surface area contributed by atoms with Gasteiger partial charge < -0.3 is 15.0 Å². The summed E-state index contributed by atoms with van der Waals surface area (Å²) >= 11 is 5.92. The molecule has 7 heteroatoms. The second-order valence-electron chi connectivity index (χ2n) is 9.40. The number of halogens is 2. The maximum Gasteiger partial charge on any atom is 0.243 e. The number of hydrogen-bond acceptors (Lipinski definition) is 3. The lowest BCUT2D eigenvalue weighted by Crippen LogP contribution is -2.51. The maximum absolute atomic E-state index is 13.5. The Morgan fingerprint density at radius 3 is 2.27 bits per heavy atom. The first-order chi connectivity index (χ1) is 17.8. The Kier molecular flexibility index (Phi) is 11.0. The summed E-state index contributed by atoms with van der Waals surface area (Å²) in [5.41, 5.74) is 1.71. The molecule has 3 aromatic carbocycles. The van der Waals surface area contributed by atoms with Crippen LogP contribution < -0.4 is 10.1 Å². The van der Waals surface area contributed by atoms with Crippen LogP contribution in [-0.2, 0) is 22.6 Å². The minimum atomic E-state index is -0.712. The van der Waals surface area contributed by atoms with Gasteiger partial charge in [-0.15, -0.1) is 0 Å². The lowest BCUT2D eigenvalue weighted by atomic mass is 10.0. The number of carbonyl (C=O) groups is 2. The van der Waals surface area contributed by atoms with Crippen molar-refractivity contribution in [2.45, 2.75) is 45.7 Å². The molecule has 0 heterocycles. The van der Waals surface area contributed by atoms with Crippen molar-refractivity contribution in [3.05, 3.63) is 101 Å². The van der Waals surface area contributed by atoms with Crippen LogP contribution in [0.4, 0.5) is 4.39 Å². The van der Waals surface area contributed by atoms with Crippen LogP contribution in [0.3, 0.4) is 0 Å². The zero-order valence-electron chi connectivity index (χ0n) is 21.3. The van der Waals surface area contributed by atoms with Gasteiger partial charge in [0, 0.05) is 31.0 Å². The number of nitrogens with one attached hydrogen (secondary N) is 1. The molecule has 0 spiro atoms. The Labute approximate surface area is 223 Å². The van der Waals surface area contributed by atoms with E-state index in [2.05, 4.69) is 5.32 Å². The predicted molar refractivity (Wildman–Crippen MR) is 145 cm³/mol. The molecule has 3 aromatic rings. The first-order valence-electron chi connectivity index (χ1n) is 12.6. The average molecular weight is 525 g/mol. The Balaban J connectivity index is 1.77. The summed E-state index contributed by atoms with van der Waals surface area (Å²) in [5.74, 6) is 0.231. The molecule has 0 aliphatic carbocycles. The molecule has 37 heavy (non-hydrogen) atoms. The van der Waals surface area contributed by atoms with Crippen LogP contribution in [0.2, 0.25) is 5.02 Å². The molecule has 0 saturated heterocycles. The van der Waals surface area contributed by atoms with E-state index >= 15 is 0 Å². The van der Waals surface area contributed by atoms with Crippen molar-refractivity contribution in [3.63, 3.8) is 0 Å². The van der Waals surface area contributed by atoms with Gasteiger partial charge in [-0.05, 0) is 59.9 Å². The Bertz CT molecular complexity index is 1120. The first kappa shape index (κ1) is 28.2. The zero-order chi connectivity index (χ0) is 26.6. The summed E-state index contributed by atoms with van der Waals surface area (Å²) in [6.07, 6.45) is 1.06. The Morgan fingerprint density at radius 2 is 1.62 bits per heavy atom. The summed E-state index contributed by atoms with van der Waals surface area (Å²) in [6, 6.07) is 22.0. The largest absolute Gasteiger partial charge is 0.494 e. The zero-order valence-corrected chi connectivity index (χ0v) is 22.1. The summed E-state index contributed by atoms with van der Waals surface area (Å²) in [7, 11) is 0. The van der Waals surface area contributed by atoms with Crippen LogP contribution in [0.15, 0.2) is 78.9 Å². The molecular weight excluding hydrogens is 491 g/mol.